The SMILES string of the molecule is CC(C)C1=C2[C@H]3CC[C@@H]4[C@]5(C)CC[C@H]([C@@]6(C(=O)O)C[C@@](Cc7ccccc7)(C(=O)O)C6(C)C)C(C)(C)[C@H]5CC[C@@]4(C)[C@]3(C)CC[C@@]2(NC(=O)C(C)(C)NC(=O)OC(C)(C)C)CC1=O. The predicted octanol–water partition coefficient (Wildman–Crippen LogP) is 10.6. The van der Waals surface area contributed by atoms with E-state index in [0.717, 1.165) is 61.7 Å². The maximum Gasteiger partial charge on any atom is 0.408 e. The smallest absolute Gasteiger partial charge is 0.408 e. The summed E-state index contributed by atoms with van der Waals surface area (Å²) in [6.07, 6.45) is 6.83. The van der Waals surface area contributed by atoms with Gasteiger partial charge in [-0.3, -0.25) is 19.2 Å². The van der Waals surface area contributed by atoms with E-state index in [1.165, 1.54) is 0 Å². The highest BCUT2D eigenvalue weighted by Gasteiger charge is 2.80. The van der Waals surface area contributed by atoms with Crippen LogP contribution in [0.15, 0.2) is 41.5 Å². The molecule has 1 aromatic rings. The summed E-state index contributed by atoms with van der Waals surface area (Å²) >= 11 is 0. The molecule has 7 rings (SSSR count). The standard InChI is InChI=1S/C53H78N2O8/c1-31(2)38-34(56)29-52(54-40(57)46(8,9)55-43(62)63-44(3,4)5)27-26-49(13)33(39(38)52)20-21-37-48(12)24-22-36(45(6,7)35(48)23-25-50(37,49)14)53(42(60)61)30-51(41(58)59,47(53,10)11)28-32-18-16-15-17-19-32/h15-19,31,33,35-37H,20-30H2,1-14H3,(H,54,57)(H,55,62)(H,58,59)(H,60,61)/t33-,35-,36+,37-,48-,49-,50-,51+,52-,53-/m1/s1. The highest BCUT2D eigenvalue weighted by molar-refractivity contribution is 6.03. The zero-order chi connectivity index (χ0) is 46.9. The average Bonchev–Trinajstić information content (AvgIpc) is 3.44. The van der Waals surface area contributed by atoms with Gasteiger partial charge >= 0.3 is 18.0 Å². The van der Waals surface area contributed by atoms with E-state index < -0.39 is 51.0 Å². The molecule has 6 aliphatic carbocycles. The van der Waals surface area contributed by atoms with E-state index >= 15 is 0 Å². The zero-order valence-corrected chi connectivity index (χ0v) is 40.9. The minimum atomic E-state index is -1.29. The van der Waals surface area contributed by atoms with Crippen LogP contribution >= 0.6 is 0 Å². The van der Waals surface area contributed by atoms with Crippen LogP contribution in [0.1, 0.15) is 167 Å². The first-order valence-corrected chi connectivity index (χ1v) is 24.0. The number of hydrogen-bond donors (Lipinski definition) is 4. The number of allylic oxidation sites excluding steroid dienone is 1. The number of benzene rings is 1. The van der Waals surface area contributed by atoms with E-state index in [1.807, 2.05) is 44.2 Å². The third-order valence-electron chi connectivity index (χ3n) is 19.8. The van der Waals surface area contributed by atoms with Crippen molar-refractivity contribution in [1.29, 1.82) is 0 Å². The van der Waals surface area contributed by atoms with Gasteiger partial charge in [-0.25, -0.2) is 4.79 Å². The Labute approximate surface area is 376 Å². The minimum Gasteiger partial charge on any atom is -0.481 e. The first-order chi connectivity index (χ1) is 28.8. The van der Waals surface area contributed by atoms with Crippen LogP contribution in [0.3, 0.4) is 0 Å². The fraction of sp³-hybridized carbons (Fsp3) is 0.755. The Balaban J connectivity index is 1.20. The number of fused-ring (bicyclic) bond motifs is 7. The molecule has 5 fully saturated rings. The van der Waals surface area contributed by atoms with Gasteiger partial charge in [-0.1, -0.05) is 92.6 Å². The number of amides is 2. The van der Waals surface area contributed by atoms with Crippen molar-refractivity contribution in [3.8, 4) is 0 Å². The maximum atomic E-state index is 14.3. The number of hydrogen-bond acceptors (Lipinski definition) is 6. The second-order valence-corrected chi connectivity index (χ2v) is 25.0. The lowest BCUT2D eigenvalue weighted by atomic mass is 9.27. The monoisotopic (exact) mass is 871 g/mol. The molecule has 0 radical (unpaired) electrons. The van der Waals surface area contributed by atoms with Crippen molar-refractivity contribution < 1.29 is 38.9 Å². The second kappa shape index (κ2) is 14.7. The summed E-state index contributed by atoms with van der Waals surface area (Å²) in [5.41, 5.74) is -4.09. The van der Waals surface area contributed by atoms with Gasteiger partial charge in [-0.15, -0.1) is 0 Å². The summed E-state index contributed by atoms with van der Waals surface area (Å²) < 4.78 is 5.51. The number of carboxylic acids is 2. The van der Waals surface area contributed by atoms with Gasteiger partial charge in [0, 0.05) is 6.42 Å². The van der Waals surface area contributed by atoms with Crippen molar-refractivity contribution in [1.82, 2.24) is 10.6 Å². The second-order valence-electron chi connectivity index (χ2n) is 25.0. The summed E-state index contributed by atoms with van der Waals surface area (Å²) in [5, 5.41) is 28.6. The number of alkyl carbamates (subject to hydrolysis) is 1. The van der Waals surface area contributed by atoms with Crippen molar-refractivity contribution in [2.24, 2.45) is 67.5 Å². The average molecular weight is 871 g/mol. The maximum absolute atomic E-state index is 14.3. The Morgan fingerprint density at radius 2 is 1.40 bits per heavy atom. The first kappa shape index (κ1) is 47.3. The van der Waals surface area contributed by atoms with E-state index in [4.69, 9.17) is 4.74 Å². The molecule has 1 aromatic carbocycles. The third-order valence-corrected chi connectivity index (χ3v) is 19.8. The summed E-state index contributed by atoms with van der Waals surface area (Å²) in [6.45, 7) is 28.8. The van der Waals surface area contributed by atoms with Gasteiger partial charge < -0.3 is 25.6 Å². The molecule has 348 valence electrons. The molecule has 10 heteroatoms. The third kappa shape index (κ3) is 6.53. The molecule has 4 N–H and O–H groups in total. The summed E-state index contributed by atoms with van der Waals surface area (Å²) in [6, 6.07) is 9.66. The van der Waals surface area contributed by atoms with Crippen LogP contribution in [0.2, 0.25) is 0 Å². The van der Waals surface area contributed by atoms with E-state index in [1.54, 1.807) is 34.6 Å². The van der Waals surface area contributed by atoms with E-state index in [9.17, 15) is 34.2 Å². The molecule has 63 heavy (non-hydrogen) atoms. The molecule has 6 aliphatic rings. The highest BCUT2D eigenvalue weighted by atomic mass is 16.6. The molecule has 5 saturated carbocycles. The summed E-state index contributed by atoms with van der Waals surface area (Å²) in [4.78, 5) is 68.8. The molecule has 2 amide bonds. The van der Waals surface area contributed by atoms with Gasteiger partial charge in [0.05, 0.1) is 16.4 Å². The number of carbonyl (C=O) groups excluding carboxylic acids is 3. The first-order valence-electron chi connectivity index (χ1n) is 24.0. The molecule has 0 heterocycles. The Morgan fingerprint density at radius 3 is 1.95 bits per heavy atom. The highest BCUT2D eigenvalue weighted by Crippen LogP contribution is 2.81. The van der Waals surface area contributed by atoms with Crippen molar-refractivity contribution in [3.05, 3.63) is 47.0 Å². The lowest BCUT2D eigenvalue weighted by molar-refractivity contribution is -0.281. The normalized spacial score (nSPS) is 39.2. The number of ketones is 1. The Hall–Kier alpha value is -3.69. The van der Waals surface area contributed by atoms with E-state index in [2.05, 4.69) is 59.1 Å². The van der Waals surface area contributed by atoms with Gasteiger partial charge in [0.15, 0.2) is 5.78 Å². The van der Waals surface area contributed by atoms with Gasteiger partial charge in [0.25, 0.3) is 0 Å². The molecule has 0 aliphatic heterocycles. The van der Waals surface area contributed by atoms with Crippen molar-refractivity contribution >= 4 is 29.7 Å². The van der Waals surface area contributed by atoms with Crippen LogP contribution in [0.4, 0.5) is 4.79 Å². The number of Topliss-reactive ketones (excluding diaryl/α,β-unsaturated/α-hetero) is 1. The molecule has 0 saturated heterocycles. The van der Waals surface area contributed by atoms with E-state index in [0.29, 0.717) is 18.8 Å². The van der Waals surface area contributed by atoms with Gasteiger partial charge in [-0.2, -0.15) is 0 Å². The quantitative estimate of drug-likeness (QED) is 0.191. The van der Waals surface area contributed by atoms with Gasteiger partial charge in [-0.05, 0) is 172 Å². The van der Waals surface area contributed by atoms with Crippen molar-refractivity contribution in [3.63, 3.8) is 0 Å². The topological polar surface area (TPSA) is 159 Å². The molecule has 0 bridgehead atoms. The fourth-order valence-electron chi connectivity index (χ4n) is 16.6. The van der Waals surface area contributed by atoms with Crippen LogP contribution in [-0.2, 0) is 30.3 Å². The number of aliphatic carboxylic acids is 2. The summed E-state index contributed by atoms with van der Waals surface area (Å²) in [7, 11) is 0. The van der Waals surface area contributed by atoms with Crippen molar-refractivity contribution in [2.75, 3.05) is 0 Å². The van der Waals surface area contributed by atoms with Gasteiger partial charge in [0.2, 0.25) is 5.91 Å². The number of ether oxygens (including phenoxy) is 1. The largest absolute Gasteiger partial charge is 0.481 e. The molecular weight excluding hydrogens is 793 g/mol. The molecule has 0 spiro atoms. The Morgan fingerprint density at radius 1 is 0.778 bits per heavy atom. The van der Waals surface area contributed by atoms with Gasteiger partial charge in [0.1, 0.15) is 11.1 Å². The van der Waals surface area contributed by atoms with Crippen LogP contribution < -0.4 is 10.6 Å². The van der Waals surface area contributed by atoms with Crippen LogP contribution in [0.25, 0.3) is 0 Å². The lowest BCUT2D eigenvalue weighted by Crippen LogP contribution is -2.75. The number of carboxylic acid groups (broad SMARTS) is 2. The molecular formula is C53H78N2O8. The predicted molar refractivity (Wildman–Crippen MR) is 243 cm³/mol. The minimum absolute atomic E-state index is 0.0127. The molecule has 10 nitrogen and oxygen atoms in total. The fourth-order valence-corrected chi connectivity index (χ4v) is 16.6. The Kier molecular flexibility index (Phi) is 11.0. The number of nitrogens with one attached hydrogen (secondary N) is 2. The molecule has 0 unspecified atom stereocenters. The molecule has 10 atom stereocenters. The number of carbonyl (C=O) groups is 5. The Bertz CT molecular complexity index is 2110. The lowest BCUT2D eigenvalue weighted by Gasteiger charge is -2.75. The van der Waals surface area contributed by atoms with E-state index in [-0.39, 0.29) is 69.9 Å². The van der Waals surface area contributed by atoms with Crippen molar-refractivity contribution in [2.45, 2.75) is 184 Å². The van der Waals surface area contributed by atoms with Crippen LogP contribution in [0, 0.1) is 67.5 Å². The zero-order valence-electron chi connectivity index (χ0n) is 40.9. The van der Waals surface area contributed by atoms with Crippen LogP contribution in [0.5, 0.6) is 0 Å². The number of rotatable bonds is 9. The van der Waals surface area contributed by atoms with Crippen LogP contribution in [-0.4, -0.2) is 56.6 Å². The summed E-state index contributed by atoms with van der Waals surface area (Å²) in [5.74, 6) is -1.55. The molecule has 0 aromatic heterocycles.